The molecule has 2 aromatic carbocycles. The van der Waals surface area contributed by atoms with Crippen LogP contribution in [0.5, 0.6) is 11.5 Å². The van der Waals surface area contributed by atoms with Gasteiger partial charge in [0.15, 0.2) is 11.5 Å². The molecule has 0 radical (unpaired) electrons. The molecule has 0 spiro atoms. The number of aliphatic hydroxyl groups is 1. The molecule has 0 saturated carbocycles. The summed E-state index contributed by atoms with van der Waals surface area (Å²) in [6.07, 6.45) is 0. The molecule has 3 N–H and O–H groups in total. The second kappa shape index (κ2) is 7.70. The lowest BCUT2D eigenvalue weighted by Gasteiger charge is -2.24. The number of benzene rings is 2. The highest BCUT2D eigenvalue weighted by Crippen LogP contribution is 2.34. The average molecular weight is 330 g/mol. The van der Waals surface area contributed by atoms with Gasteiger partial charge in [0.05, 0.1) is 26.5 Å². The highest BCUT2D eigenvalue weighted by atomic mass is 16.5. The number of urea groups is 1. The first-order valence-corrected chi connectivity index (χ1v) is 7.51. The molecule has 1 atom stereocenters. The maximum Gasteiger partial charge on any atom is 0.319 e. The molecule has 0 aliphatic carbocycles. The smallest absolute Gasteiger partial charge is 0.319 e. The Morgan fingerprint density at radius 2 is 1.79 bits per heavy atom. The van der Waals surface area contributed by atoms with Crippen LogP contribution in [0.15, 0.2) is 48.5 Å². The standard InChI is InChI=1S/C18H22N2O4/c1-18(22,13-8-5-4-6-9-13)12-19-17(21)20-14-10-7-11-15(23-2)16(14)24-3/h4-11,22H,12H2,1-3H3,(H2,19,20,21). The second-order valence-electron chi connectivity index (χ2n) is 5.49. The number of anilines is 1. The minimum atomic E-state index is -1.17. The summed E-state index contributed by atoms with van der Waals surface area (Å²) in [7, 11) is 3.03. The number of methoxy groups -OCH3 is 2. The van der Waals surface area contributed by atoms with Crippen molar-refractivity contribution in [3.05, 3.63) is 54.1 Å². The van der Waals surface area contributed by atoms with Crippen molar-refractivity contribution in [2.45, 2.75) is 12.5 Å². The highest BCUT2D eigenvalue weighted by molar-refractivity contribution is 5.91. The fourth-order valence-corrected chi connectivity index (χ4v) is 2.30. The van der Waals surface area contributed by atoms with E-state index in [4.69, 9.17) is 9.47 Å². The Morgan fingerprint density at radius 1 is 1.08 bits per heavy atom. The van der Waals surface area contributed by atoms with Gasteiger partial charge in [-0.2, -0.15) is 0 Å². The van der Waals surface area contributed by atoms with Gasteiger partial charge in [0.2, 0.25) is 0 Å². The molecular formula is C18H22N2O4. The predicted octanol–water partition coefficient (Wildman–Crippen LogP) is 2.73. The van der Waals surface area contributed by atoms with Gasteiger partial charge in [-0.25, -0.2) is 4.79 Å². The molecular weight excluding hydrogens is 308 g/mol. The number of rotatable bonds is 6. The third-order valence-corrected chi connectivity index (χ3v) is 3.64. The molecule has 2 aromatic rings. The summed E-state index contributed by atoms with van der Waals surface area (Å²) in [6, 6.07) is 13.9. The minimum Gasteiger partial charge on any atom is -0.493 e. The summed E-state index contributed by atoms with van der Waals surface area (Å²) in [5.74, 6) is 0.955. The summed E-state index contributed by atoms with van der Waals surface area (Å²) in [5.41, 5.74) is 0.0369. The maximum atomic E-state index is 12.1. The summed E-state index contributed by atoms with van der Waals surface area (Å²) in [5, 5.41) is 15.9. The van der Waals surface area contributed by atoms with Crippen LogP contribution < -0.4 is 20.1 Å². The maximum absolute atomic E-state index is 12.1. The van der Waals surface area contributed by atoms with E-state index >= 15 is 0 Å². The summed E-state index contributed by atoms with van der Waals surface area (Å²) in [4.78, 5) is 12.1. The number of nitrogens with one attached hydrogen (secondary N) is 2. The van der Waals surface area contributed by atoms with Crippen molar-refractivity contribution in [2.24, 2.45) is 0 Å². The molecule has 24 heavy (non-hydrogen) atoms. The van der Waals surface area contributed by atoms with Crippen LogP contribution >= 0.6 is 0 Å². The molecule has 0 heterocycles. The largest absolute Gasteiger partial charge is 0.493 e. The van der Waals surface area contributed by atoms with Gasteiger partial charge in [-0.3, -0.25) is 0 Å². The van der Waals surface area contributed by atoms with E-state index in [9.17, 15) is 9.90 Å². The zero-order valence-corrected chi connectivity index (χ0v) is 14.0. The average Bonchev–Trinajstić information content (AvgIpc) is 2.60. The Hall–Kier alpha value is -2.73. The van der Waals surface area contributed by atoms with Crippen LogP contribution in [0, 0.1) is 0 Å². The number of hydrogen-bond donors (Lipinski definition) is 3. The van der Waals surface area contributed by atoms with E-state index in [0.717, 1.165) is 5.56 Å². The fraction of sp³-hybridized carbons (Fsp3) is 0.278. The van der Waals surface area contributed by atoms with Gasteiger partial charge in [-0.15, -0.1) is 0 Å². The van der Waals surface area contributed by atoms with Crippen molar-refractivity contribution >= 4 is 11.7 Å². The lowest BCUT2D eigenvalue weighted by Crippen LogP contribution is -2.40. The number of hydrogen-bond acceptors (Lipinski definition) is 4. The van der Waals surface area contributed by atoms with Crippen LogP contribution in [0.25, 0.3) is 0 Å². The number of para-hydroxylation sites is 1. The molecule has 2 rings (SSSR count). The quantitative estimate of drug-likeness (QED) is 0.761. The van der Waals surface area contributed by atoms with Gasteiger partial charge in [0.25, 0.3) is 0 Å². The van der Waals surface area contributed by atoms with Crippen molar-refractivity contribution < 1.29 is 19.4 Å². The Balaban J connectivity index is 2.02. The Bertz CT molecular complexity index is 687. The van der Waals surface area contributed by atoms with Crippen LogP contribution in [-0.2, 0) is 5.60 Å². The number of carbonyl (C=O) groups excluding carboxylic acids is 1. The Labute approximate surface area is 141 Å². The zero-order chi connectivity index (χ0) is 17.6. The zero-order valence-electron chi connectivity index (χ0n) is 14.0. The number of carbonyl (C=O) groups is 1. The molecule has 128 valence electrons. The lowest BCUT2D eigenvalue weighted by atomic mass is 9.96. The fourth-order valence-electron chi connectivity index (χ4n) is 2.30. The first-order valence-electron chi connectivity index (χ1n) is 7.51. The molecule has 6 nitrogen and oxygen atoms in total. The molecule has 2 amide bonds. The normalized spacial score (nSPS) is 12.8. The van der Waals surface area contributed by atoms with Gasteiger partial charge in [-0.05, 0) is 24.6 Å². The van der Waals surface area contributed by atoms with Crippen molar-refractivity contribution in [3.8, 4) is 11.5 Å². The van der Waals surface area contributed by atoms with Crippen LogP contribution in [0.1, 0.15) is 12.5 Å². The third-order valence-electron chi connectivity index (χ3n) is 3.64. The first-order chi connectivity index (χ1) is 11.5. The van der Waals surface area contributed by atoms with Crippen molar-refractivity contribution in [3.63, 3.8) is 0 Å². The minimum absolute atomic E-state index is 0.0646. The predicted molar refractivity (Wildman–Crippen MR) is 92.6 cm³/mol. The van der Waals surface area contributed by atoms with Gasteiger partial charge >= 0.3 is 6.03 Å². The molecule has 0 aliphatic rings. The van der Waals surface area contributed by atoms with Gasteiger partial charge in [0.1, 0.15) is 5.60 Å². The Kier molecular flexibility index (Phi) is 5.65. The summed E-state index contributed by atoms with van der Waals surface area (Å²) in [6.45, 7) is 1.71. The highest BCUT2D eigenvalue weighted by Gasteiger charge is 2.23. The van der Waals surface area contributed by atoms with E-state index in [-0.39, 0.29) is 6.54 Å². The molecule has 0 saturated heterocycles. The molecule has 0 aliphatic heterocycles. The Morgan fingerprint density at radius 3 is 2.42 bits per heavy atom. The van der Waals surface area contributed by atoms with Gasteiger partial charge in [-0.1, -0.05) is 36.4 Å². The number of amides is 2. The van der Waals surface area contributed by atoms with E-state index in [1.165, 1.54) is 14.2 Å². The molecule has 0 aromatic heterocycles. The number of ether oxygens (including phenoxy) is 2. The molecule has 0 bridgehead atoms. The van der Waals surface area contributed by atoms with Gasteiger partial charge in [0, 0.05) is 0 Å². The first kappa shape index (κ1) is 17.6. The van der Waals surface area contributed by atoms with E-state index in [1.807, 2.05) is 30.3 Å². The molecule has 1 unspecified atom stereocenters. The van der Waals surface area contributed by atoms with E-state index in [1.54, 1.807) is 25.1 Å². The van der Waals surface area contributed by atoms with E-state index < -0.39 is 11.6 Å². The van der Waals surface area contributed by atoms with Crippen LogP contribution in [0.4, 0.5) is 10.5 Å². The van der Waals surface area contributed by atoms with Crippen molar-refractivity contribution in [1.29, 1.82) is 0 Å². The van der Waals surface area contributed by atoms with Crippen molar-refractivity contribution in [1.82, 2.24) is 5.32 Å². The van der Waals surface area contributed by atoms with Crippen LogP contribution in [0.3, 0.4) is 0 Å². The lowest BCUT2D eigenvalue weighted by molar-refractivity contribution is 0.0599. The van der Waals surface area contributed by atoms with Crippen molar-refractivity contribution in [2.75, 3.05) is 26.1 Å². The topological polar surface area (TPSA) is 79.8 Å². The summed E-state index contributed by atoms with van der Waals surface area (Å²) < 4.78 is 10.5. The third kappa shape index (κ3) is 4.17. The van der Waals surface area contributed by atoms with Gasteiger partial charge < -0.3 is 25.2 Å². The van der Waals surface area contributed by atoms with E-state index in [0.29, 0.717) is 17.2 Å². The van der Waals surface area contributed by atoms with Crippen LogP contribution in [-0.4, -0.2) is 31.9 Å². The van der Waals surface area contributed by atoms with Crippen LogP contribution in [0.2, 0.25) is 0 Å². The summed E-state index contributed by atoms with van der Waals surface area (Å²) >= 11 is 0. The second-order valence-corrected chi connectivity index (χ2v) is 5.49. The monoisotopic (exact) mass is 330 g/mol. The molecule has 6 heteroatoms. The van der Waals surface area contributed by atoms with E-state index in [2.05, 4.69) is 10.6 Å². The molecule has 0 fully saturated rings. The SMILES string of the molecule is COc1cccc(NC(=O)NCC(C)(O)c2ccccc2)c1OC.